The summed E-state index contributed by atoms with van der Waals surface area (Å²) in [6, 6.07) is 13.1. The van der Waals surface area contributed by atoms with E-state index in [0.717, 1.165) is 16.1 Å². The maximum absolute atomic E-state index is 13.7. The molecule has 0 spiro atoms. The van der Waals surface area contributed by atoms with E-state index in [1.807, 2.05) is 51.1 Å². The fraction of sp³-hybridized carbons (Fsp3) is 0.440. The van der Waals surface area contributed by atoms with E-state index < -0.39 is 28.5 Å². The van der Waals surface area contributed by atoms with Crippen LogP contribution in [0.4, 0.5) is 5.69 Å². The Morgan fingerprint density at radius 3 is 2.20 bits per heavy atom. The molecule has 1 N–H and O–H groups in total. The molecule has 0 aliphatic rings. The first-order valence-electron chi connectivity index (χ1n) is 11.3. The third-order valence-corrected chi connectivity index (χ3v) is 6.47. The highest BCUT2D eigenvalue weighted by Gasteiger charge is 2.32. The van der Waals surface area contributed by atoms with Crippen LogP contribution in [0.3, 0.4) is 0 Å². The molecule has 2 aromatic carbocycles. The van der Waals surface area contributed by atoms with Crippen molar-refractivity contribution in [2.45, 2.75) is 45.8 Å². The molecule has 0 aromatic heterocycles. The van der Waals surface area contributed by atoms with Gasteiger partial charge in [-0.25, -0.2) is 8.42 Å². The van der Waals surface area contributed by atoms with Crippen LogP contribution >= 0.6 is 0 Å². The fourth-order valence-corrected chi connectivity index (χ4v) is 4.51. The van der Waals surface area contributed by atoms with Gasteiger partial charge < -0.3 is 19.7 Å². The quantitative estimate of drug-likeness (QED) is 0.476. The number of hydrogen-bond acceptors (Lipinski definition) is 6. The van der Waals surface area contributed by atoms with Crippen molar-refractivity contribution in [2.75, 3.05) is 31.3 Å². The lowest BCUT2D eigenvalue weighted by Gasteiger charge is -2.33. The number of methoxy groups -OCH3 is 2. The van der Waals surface area contributed by atoms with Crippen molar-refractivity contribution in [3.63, 3.8) is 0 Å². The zero-order chi connectivity index (χ0) is 26.2. The first-order chi connectivity index (χ1) is 16.5. The molecule has 0 aliphatic heterocycles. The summed E-state index contributed by atoms with van der Waals surface area (Å²) in [5.74, 6) is -0.138. The van der Waals surface area contributed by atoms with E-state index in [2.05, 4.69) is 5.32 Å². The zero-order valence-corrected chi connectivity index (χ0v) is 22.0. The van der Waals surface area contributed by atoms with Crippen LogP contribution < -0.4 is 19.1 Å². The lowest BCUT2D eigenvalue weighted by molar-refractivity contribution is -0.140. The number of amides is 2. The minimum Gasteiger partial charge on any atom is -0.497 e. The van der Waals surface area contributed by atoms with Crippen LogP contribution in [0.2, 0.25) is 0 Å². The monoisotopic (exact) mass is 505 g/mol. The second-order valence-corrected chi connectivity index (χ2v) is 10.3. The molecule has 0 bridgehead atoms. The second kappa shape index (κ2) is 12.4. The second-order valence-electron chi connectivity index (χ2n) is 8.40. The van der Waals surface area contributed by atoms with Gasteiger partial charge in [0.1, 0.15) is 24.1 Å². The van der Waals surface area contributed by atoms with Gasteiger partial charge in [-0.2, -0.15) is 0 Å². The maximum atomic E-state index is 13.7. The number of ether oxygens (including phenoxy) is 2. The van der Waals surface area contributed by atoms with Crippen molar-refractivity contribution in [2.24, 2.45) is 0 Å². The minimum atomic E-state index is -3.90. The lowest BCUT2D eigenvalue weighted by Crippen LogP contribution is -2.53. The van der Waals surface area contributed by atoms with Gasteiger partial charge in [-0.1, -0.05) is 37.3 Å². The Labute approximate surface area is 208 Å². The molecule has 0 heterocycles. The Bertz CT molecular complexity index is 1110. The van der Waals surface area contributed by atoms with Crippen LogP contribution in [-0.2, 0) is 26.2 Å². The number of hydrogen-bond donors (Lipinski definition) is 1. The van der Waals surface area contributed by atoms with Crippen LogP contribution in [0.15, 0.2) is 48.5 Å². The number of carbonyl (C=O) groups excluding carboxylic acids is 2. The maximum Gasteiger partial charge on any atom is 0.244 e. The highest BCUT2D eigenvalue weighted by atomic mass is 32.2. The molecule has 10 heteroatoms. The van der Waals surface area contributed by atoms with E-state index in [0.29, 0.717) is 12.2 Å². The van der Waals surface area contributed by atoms with Gasteiger partial charge in [0.05, 0.1) is 26.2 Å². The van der Waals surface area contributed by atoms with Gasteiger partial charge in [-0.3, -0.25) is 13.9 Å². The zero-order valence-electron chi connectivity index (χ0n) is 21.1. The van der Waals surface area contributed by atoms with Crippen LogP contribution in [0.1, 0.15) is 32.8 Å². The van der Waals surface area contributed by atoms with Crippen molar-refractivity contribution in [1.82, 2.24) is 10.2 Å². The smallest absolute Gasteiger partial charge is 0.244 e. The number of anilines is 1. The summed E-state index contributed by atoms with van der Waals surface area (Å²) in [4.78, 5) is 28.1. The van der Waals surface area contributed by atoms with Crippen LogP contribution in [0.5, 0.6) is 11.5 Å². The number of nitrogens with one attached hydrogen (secondary N) is 1. The molecule has 0 fully saturated rings. The summed E-state index contributed by atoms with van der Waals surface area (Å²) in [6.07, 6.45) is 1.38. The molecule has 0 aliphatic carbocycles. The highest BCUT2D eigenvalue weighted by molar-refractivity contribution is 7.92. The Balaban J connectivity index is 2.51. The molecule has 35 heavy (non-hydrogen) atoms. The van der Waals surface area contributed by atoms with Crippen molar-refractivity contribution in [1.29, 1.82) is 0 Å². The van der Waals surface area contributed by atoms with Crippen molar-refractivity contribution in [3.05, 3.63) is 54.1 Å². The molecule has 0 radical (unpaired) electrons. The third-order valence-electron chi connectivity index (χ3n) is 5.35. The third kappa shape index (κ3) is 7.61. The Hall–Kier alpha value is -3.27. The molecular weight excluding hydrogens is 470 g/mol. The van der Waals surface area contributed by atoms with Crippen LogP contribution in [-0.4, -0.2) is 64.2 Å². The SMILES string of the molecule is CC[C@H](C(=O)NC(C)C)N(Cc1ccccc1)C(=O)CN(c1cc(OC)ccc1OC)S(C)(=O)=O. The average Bonchev–Trinajstić information content (AvgIpc) is 2.81. The van der Waals surface area contributed by atoms with Gasteiger partial charge in [-0.15, -0.1) is 0 Å². The number of rotatable bonds is 12. The molecule has 2 aromatic rings. The van der Waals surface area contributed by atoms with E-state index in [9.17, 15) is 18.0 Å². The average molecular weight is 506 g/mol. The number of nitrogens with zero attached hydrogens (tertiary/aromatic N) is 2. The number of benzene rings is 2. The summed E-state index contributed by atoms with van der Waals surface area (Å²) in [6.45, 7) is 5.13. The van der Waals surface area contributed by atoms with Crippen molar-refractivity contribution >= 4 is 27.5 Å². The molecule has 0 unspecified atom stereocenters. The molecular formula is C25H35N3O6S. The first kappa shape index (κ1) is 28.0. The summed E-state index contributed by atoms with van der Waals surface area (Å²) in [5, 5.41) is 2.86. The van der Waals surface area contributed by atoms with Crippen molar-refractivity contribution < 1.29 is 27.5 Å². The Morgan fingerprint density at radius 1 is 1.03 bits per heavy atom. The molecule has 0 saturated carbocycles. The van der Waals surface area contributed by atoms with E-state index in [1.54, 1.807) is 12.1 Å². The topological polar surface area (TPSA) is 105 Å². The largest absolute Gasteiger partial charge is 0.497 e. The van der Waals surface area contributed by atoms with Crippen LogP contribution in [0.25, 0.3) is 0 Å². The van der Waals surface area contributed by atoms with E-state index in [-0.39, 0.29) is 29.9 Å². The van der Waals surface area contributed by atoms with Gasteiger partial charge in [0.25, 0.3) is 0 Å². The van der Waals surface area contributed by atoms with Gasteiger partial charge >= 0.3 is 0 Å². The normalized spacial score (nSPS) is 12.1. The van der Waals surface area contributed by atoms with Gasteiger partial charge in [0.2, 0.25) is 21.8 Å². The molecule has 9 nitrogen and oxygen atoms in total. The molecule has 1 atom stereocenters. The highest BCUT2D eigenvalue weighted by Crippen LogP contribution is 2.34. The van der Waals surface area contributed by atoms with E-state index in [4.69, 9.17) is 9.47 Å². The first-order valence-corrected chi connectivity index (χ1v) is 13.2. The summed E-state index contributed by atoms with van der Waals surface area (Å²) in [7, 11) is -1.02. The van der Waals surface area contributed by atoms with Gasteiger partial charge in [0.15, 0.2) is 0 Å². The van der Waals surface area contributed by atoms with E-state index >= 15 is 0 Å². The summed E-state index contributed by atoms with van der Waals surface area (Å²) >= 11 is 0. The van der Waals surface area contributed by atoms with Crippen LogP contribution in [0, 0.1) is 0 Å². The Morgan fingerprint density at radius 2 is 1.69 bits per heavy atom. The summed E-state index contributed by atoms with van der Waals surface area (Å²) < 4.78 is 37.2. The number of carbonyl (C=O) groups is 2. The van der Waals surface area contributed by atoms with Crippen molar-refractivity contribution in [3.8, 4) is 11.5 Å². The fourth-order valence-electron chi connectivity index (χ4n) is 3.67. The van der Waals surface area contributed by atoms with E-state index in [1.165, 1.54) is 25.2 Å². The molecule has 0 saturated heterocycles. The Kier molecular flexibility index (Phi) is 9.94. The molecule has 2 amide bonds. The molecule has 192 valence electrons. The van der Waals surface area contributed by atoms with Gasteiger partial charge in [-0.05, 0) is 38.0 Å². The predicted molar refractivity (Wildman–Crippen MR) is 136 cm³/mol. The summed E-state index contributed by atoms with van der Waals surface area (Å²) in [5.41, 5.74) is 0.989. The number of sulfonamides is 1. The lowest BCUT2D eigenvalue weighted by atomic mass is 10.1. The molecule has 2 rings (SSSR count). The van der Waals surface area contributed by atoms with Gasteiger partial charge in [0, 0.05) is 18.7 Å². The minimum absolute atomic E-state index is 0.112. The standard InChI is InChI=1S/C25H35N3O6S/c1-7-21(25(30)26-18(2)3)27(16-19-11-9-8-10-12-19)24(29)17-28(35(6,31)32)22-15-20(33-4)13-14-23(22)34-5/h8-15,18,21H,7,16-17H2,1-6H3,(H,26,30)/t21-/m1/s1. The predicted octanol–water partition coefficient (Wildman–Crippen LogP) is 2.80.